The number of hydrogen-bond donors (Lipinski definition) is 2. The molecule has 0 saturated carbocycles. The van der Waals surface area contributed by atoms with Gasteiger partial charge in [0.15, 0.2) is 5.54 Å². The molecule has 0 aromatic heterocycles. The molecular weight excluding hydrogens is 714 g/mol. The summed E-state index contributed by atoms with van der Waals surface area (Å²) in [7, 11) is 0. The van der Waals surface area contributed by atoms with Crippen LogP contribution in [0.5, 0.6) is 0 Å². The lowest BCUT2D eigenvalue weighted by Gasteiger charge is -2.51. The highest BCUT2D eigenvalue weighted by atomic mass is 127. The lowest BCUT2D eigenvalue weighted by molar-refractivity contribution is -0.575. The molecule has 6 rings (SSSR count). The zero-order chi connectivity index (χ0) is 27.9. The van der Waals surface area contributed by atoms with Crippen molar-refractivity contribution >= 4 is 58.9 Å². The largest absolute Gasteiger partial charge is 0.254 e. The molecular formula is C36H40I2N2+2. The van der Waals surface area contributed by atoms with Gasteiger partial charge < -0.3 is 0 Å². The van der Waals surface area contributed by atoms with Crippen LogP contribution in [-0.2, 0) is 5.41 Å². The summed E-state index contributed by atoms with van der Waals surface area (Å²) in [5, 5.41) is 6.70. The first-order valence-electron chi connectivity index (χ1n) is 14.7. The van der Waals surface area contributed by atoms with E-state index in [0.717, 1.165) is 30.5 Å². The molecule has 206 valence electrons. The van der Waals surface area contributed by atoms with Crippen LogP contribution in [0.4, 0.5) is 0 Å². The average molecular weight is 755 g/mol. The highest BCUT2D eigenvalue weighted by molar-refractivity contribution is 14.3. The van der Waals surface area contributed by atoms with Crippen LogP contribution in [0, 0.1) is 0 Å². The molecule has 2 aromatic rings. The van der Waals surface area contributed by atoms with E-state index in [1.165, 1.54) is 51.9 Å². The van der Waals surface area contributed by atoms with E-state index >= 15 is 0 Å². The number of nitrogens with one attached hydrogen (secondary N) is 1. The van der Waals surface area contributed by atoms with E-state index < -0.39 is 0 Å². The third-order valence-electron chi connectivity index (χ3n) is 9.67. The molecule has 0 radical (unpaired) electrons. The number of allylic oxidation sites excluding steroid dienone is 6. The predicted octanol–water partition coefficient (Wildman–Crippen LogP) is 6.36. The molecule has 0 saturated heterocycles. The third-order valence-corrected chi connectivity index (χ3v) is 15.9. The molecule has 2 aromatic carbocycles. The van der Waals surface area contributed by atoms with Gasteiger partial charge >= 0.3 is 0 Å². The Morgan fingerprint density at radius 1 is 1.00 bits per heavy atom. The van der Waals surface area contributed by atoms with Gasteiger partial charge in [-0.1, -0.05) is 112 Å². The molecule has 40 heavy (non-hydrogen) atoms. The fraction of sp³-hybridized carbons (Fsp3) is 0.333. The highest BCUT2D eigenvalue weighted by Crippen LogP contribution is 2.56. The van der Waals surface area contributed by atoms with Crippen LogP contribution in [0.3, 0.4) is 0 Å². The Morgan fingerprint density at radius 3 is 2.58 bits per heavy atom. The molecule has 0 fully saturated rings. The van der Waals surface area contributed by atoms with Gasteiger partial charge in [-0.2, -0.15) is 0 Å². The van der Waals surface area contributed by atoms with Gasteiger partial charge in [0.1, 0.15) is 0 Å². The van der Waals surface area contributed by atoms with E-state index in [0.29, 0.717) is 5.92 Å². The van der Waals surface area contributed by atoms with E-state index in [-0.39, 0.29) is 52.4 Å². The van der Waals surface area contributed by atoms with Crippen molar-refractivity contribution in [2.75, 3.05) is 0 Å². The van der Waals surface area contributed by atoms with Crippen LogP contribution >= 0.6 is 41.5 Å². The molecule has 2 aliphatic heterocycles. The fourth-order valence-corrected chi connectivity index (χ4v) is 13.8. The molecule has 0 spiro atoms. The van der Waals surface area contributed by atoms with Crippen molar-refractivity contribution in [3.63, 3.8) is 0 Å². The van der Waals surface area contributed by atoms with Crippen LogP contribution < -0.4 is 10.4 Å². The van der Waals surface area contributed by atoms with Gasteiger partial charge in [-0.05, 0) is 79.0 Å². The molecule has 2 aliphatic carbocycles. The number of benzene rings is 2. The third kappa shape index (κ3) is 4.31. The van der Waals surface area contributed by atoms with E-state index in [4.69, 9.17) is 5.41 Å². The Morgan fingerprint density at radius 2 is 1.85 bits per heavy atom. The number of rotatable bonds is 7. The molecule has 0 amide bonds. The average Bonchev–Trinajstić information content (AvgIpc) is 3.00. The lowest BCUT2D eigenvalue weighted by Crippen LogP contribution is -2.95. The maximum atomic E-state index is 6.70. The molecule has 2 nitrogen and oxygen atoms in total. The van der Waals surface area contributed by atoms with Gasteiger partial charge in [0, 0.05) is 32.1 Å². The van der Waals surface area contributed by atoms with E-state index in [1.807, 2.05) is 0 Å². The first-order chi connectivity index (χ1) is 19.5. The van der Waals surface area contributed by atoms with Crippen molar-refractivity contribution in [3.8, 4) is 11.1 Å². The van der Waals surface area contributed by atoms with Crippen LogP contribution in [0.15, 0.2) is 87.6 Å². The van der Waals surface area contributed by atoms with Gasteiger partial charge in [0.05, 0.1) is 11.0 Å². The van der Waals surface area contributed by atoms with Crippen LogP contribution in [0.2, 0.25) is 0 Å². The van der Waals surface area contributed by atoms with Crippen molar-refractivity contribution in [1.82, 2.24) is 0 Å². The summed E-state index contributed by atoms with van der Waals surface area (Å²) < 4.78 is 7.88. The Balaban J connectivity index is 1.63. The number of nitrogens with two attached hydrogens (primary N) is 1. The summed E-state index contributed by atoms with van der Waals surface area (Å²) in [6, 6.07) is 16.4. The number of hydrogen-bond acceptors (Lipinski definition) is 0. The van der Waals surface area contributed by atoms with Crippen LogP contribution in [-0.4, -0.2) is 23.0 Å². The second kappa shape index (κ2) is 11.3. The van der Waals surface area contributed by atoms with Gasteiger partial charge in [-0.3, -0.25) is 5.41 Å². The van der Waals surface area contributed by atoms with E-state index in [2.05, 4.69) is 110 Å². The predicted molar refractivity (Wildman–Crippen MR) is 190 cm³/mol. The fourth-order valence-electron chi connectivity index (χ4n) is 7.64. The number of unbranched alkanes of at least 4 members (excludes halogenated alkanes) is 1. The summed E-state index contributed by atoms with van der Waals surface area (Å²) in [6.07, 6.45) is 14.6. The number of halogens is 2. The first kappa shape index (κ1) is 28.1. The molecule has 2 unspecified atom stereocenters. The standard InChI is InChI=1S/C36H38I2N2/c1-5-8-11-25-14-15-27(33(39)18-25)20-34-30-17-16-26-19-31(30)24(4)36(7-3,40-34)35(6-2,28-21-37-23-38-22-28)32-13-10-9-12-29(26)32/h9-10,12-24,39H,5-8,11H2,1-4H3/p+2/b27-20-,39-33?/t24-,35?,36?/m0/s1. The van der Waals surface area contributed by atoms with Crippen molar-refractivity contribution in [1.29, 1.82) is 0 Å². The zero-order valence-corrected chi connectivity index (χ0v) is 28.3. The Hall–Kier alpha value is -2.06. The maximum Gasteiger partial charge on any atom is 0.207 e. The number of fused-ring (bicyclic) bond motifs is 4. The van der Waals surface area contributed by atoms with Gasteiger partial charge in [-0.15, -0.1) is 0 Å². The molecule has 3 bridgehead atoms. The minimum atomic E-state index is -0.168. The highest BCUT2D eigenvalue weighted by Gasteiger charge is 2.63. The van der Waals surface area contributed by atoms with Crippen LogP contribution in [0.25, 0.3) is 11.1 Å². The van der Waals surface area contributed by atoms with Gasteiger partial charge in [-0.25, -0.2) is 4.99 Å². The lowest BCUT2D eigenvalue weighted by atomic mass is 9.51. The van der Waals surface area contributed by atoms with Crippen molar-refractivity contribution in [2.24, 2.45) is 0 Å². The van der Waals surface area contributed by atoms with Gasteiger partial charge in [0.2, 0.25) is 11.4 Å². The first-order valence-corrected chi connectivity index (χ1v) is 19.7. The summed E-state index contributed by atoms with van der Waals surface area (Å²) in [5.74, 6) is 0.350. The van der Waals surface area contributed by atoms with Crippen molar-refractivity contribution < 1.29 is 10.4 Å². The minimum Gasteiger partial charge on any atom is -0.254 e. The monoisotopic (exact) mass is 754 g/mol. The Bertz CT molecular complexity index is 1600. The molecule has 3 N–H and O–H groups in total. The smallest absolute Gasteiger partial charge is 0.207 e. The summed E-state index contributed by atoms with van der Waals surface area (Å²) in [4.78, 5) is 4.32. The summed E-state index contributed by atoms with van der Waals surface area (Å²) in [5.41, 5.74) is 12.8. The maximum absolute atomic E-state index is 6.70. The SMILES string of the molecule is CCCCC1=CC(=[NH2+])/C(=C\C2=[NH+]C3(CC)[C@@H](C)c4cc(ccc42)-c2ccccc2C3(CC)C2=CI=CI=C2)C=C1. The van der Waals surface area contributed by atoms with E-state index in [9.17, 15) is 0 Å². The van der Waals surface area contributed by atoms with Crippen molar-refractivity contribution in [2.45, 2.75) is 76.7 Å². The van der Waals surface area contributed by atoms with Crippen molar-refractivity contribution in [3.05, 3.63) is 104 Å². The minimum absolute atomic E-state index is 0.00242. The van der Waals surface area contributed by atoms with Gasteiger partial charge in [0.25, 0.3) is 0 Å². The molecule has 4 aliphatic rings. The van der Waals surface area contributed by atoms with Crippen LogP contribution in [0.1, 0.15) is 82.4 Å². The molecule has 4 heteroatoms. The quantitative estimate of drug-likeness (QED) is 0.309. The summed E-state index contributed by atoms with van der Waals surface area (Å²) >= 11 is 0.00484. The molecule has 3 atom stereocenters. The zero-order valence-electron chi connectivity index (χ0n) is 24.0. The summed E-state index contributed by atoms with van der Waals surface area (Å²) in [6.45, 7) is 9.55. The second-order valence-electron chi connectivity index (χ2n) is 11.4. The molecule has 2 heterocycles. The Labute approximate surface area is 259 Å². The Kier molecular flexibility index (Phi) is 7.94. The topological polar surface area (TPSA) is 39.6 Å². The normalized spacial score (nSPS) is 27.6. The van der Waals surface area contributed by atoms with E-state index in [1.54, 1.807) is 5.57 Å². The second-order valence-corrected chi connectivity index (χ2v) is 17.7.